The molecule has 4 heterocycles. The minimum absolute atomic E-state index is 0.0683. The standard InChI is InChI=1S/C40H53N2O7PSi2/c1-28(2)51(29(3)4)45-26-35-37(47-52(49-51,30(5)6)31(7)8)40(38(46-35)42-25-24-36(43)41-39(42)44)27-50(48-40,32-18-12-9-13-19-32,33-20-14-10-15-21-33)34-22-16-11-17-23-34/h9-25,28-31,35,37-38H,26-27H2,1-8H3,(H,41,43,44)/t35-,37-,38-,40?/m1/s1. The fourth-order valence-corrected chi connectivity index (χ4v) is 27.0. The molecule has 3 aliphatic heterocycles. The molecule has 0 amide bonds. The normalized spacial score (nSPS) is 28.2. The van der Waals surface area contributed by atoms with Crippen LogP contribution in [0.3, 0.4) is 0 Å². The first-order valence-electron chi connectivity index (χ1n) is 18.6. The van der Waals surface area contributed by atoms with Gasteiger partial charge in [0.15, 0.2) is 0 Å². The Bertz CT molecular complexity index is 1880. The molecule has 0 radical (unpaired) electrons. The maximum absolute atomic E-state index is 13.8. The number of H-pyrrole nitrogens is 1. The summed E-state index contributed by atoms with van der Waals surface area (Å²) in [5.41, 5.74) is -1.77. The molecule has 1 spiro atoms. The number of aromatic nitrogens is 2. The number of hydrogen-bond acceptors (Lipinski definition) is 7. The summed E-state index contributed by atoms with van der Waals surface area (Å²) in [5, 5.41) is 3.23. The van der Waals surface area contributed by atoms with Crippen molar-refractivity contribution in [1.29, 1.82) is 0 Å². The average Bonchev–Trinajstić information content (AvgIpc) is 3.39. The van der Waals surface area contributed by atoms with E-state index in [9.17, 15) is 9.59 Å². The van der Waals surface area contributed by atoms with Gasteiger partial charge in [0.05, 0.1) is 0 Å². The number of hydrogen-bond donors (Lipinski definition) is 1. The van der Waals surface area contributed by atoms with Gasteiger partial charge in [-0.3, -0.25) is 0 Å². The number of ether oxygens (including phenoxy) is 1. The zero-order chi connectivity index (χ0) is 37.1. The Hall–Kier alpha value is -3.00. The number of nitrogens with zero attached hydrogens (tertiary/aromatic N) is 1. The van der Waals surface area contributed by atoms with E-state index in [0.717, 1.165) is 15.9 Å². The minimum atomic E-state index is -3.77. The monoisotopic (exact) mass is 760 g/mol. The summed E-state index contributed by atoms with van der Waals surface area (Å²) in [5.74, 6) is 0. The fourth-order valence-electron chi connectivity index (χ4n) is 9.36. The van der Waals surface area contributed by atoms with Gasteiger partial charge in [0.2, 0.25) is 0 Å². The predicted octanol–water partition coefficient (Wildman–Crippen LogP) is 6.60. The van der Waals surface area contributed by atoms with E-state index >= 15 is 0 Å². The first kappa shape index (κ1) is 37.3. The Labute approximate surface area is 309 Å². The van der Waals surface area contributed by atoms with Gasteiger partial charge in [-0.25, -0.2) is 0 Å². The van der Waals surface area contributed by atoms with Gasteiger partial charge in [-0.05, 0) is 0 Å². The van der Waals surface area contributed by atoms with Crippen LogP contribution in [0.1, 0.15) is 61.6 Å². The molecule has 9 nitrogen and oxygen atoms in total. The molecule has 52 heavy (non-hydrogen) atoms. The zero-order valence-corrected chi connectivity index (χ0v) is 34.4. The van der Waals surface area contributed by atoms with Crippen molar-refractivity contribution in [1.82, 2.24) is 9.55 Å². The molecule has 7 rings (SSSR count). The number of aromatic amines is 1. The molecule has 4 aromatic rings. The van der Waals surface area contributed by atoms with Crippen LogP contribution in [0.25, 0.3) is 0 Å². The Kier molecular flexibility index (Phi) is 9.61. The molecule has 0 bridgehead atoms. The molecule has 1 unspecified atom stereocenters. The van der Waals surface area contributed by atoms with E-state index in [0.29, 0.717) is 6.16 Å². The molecular formula is C40H53N2O7PSi2. The molecular weight excluding hydrogens is 708 g/mol. The SMILES string of the molecule is CC(C)[Si]1(C(C)C)OC[C@H]2O[C@@H](n3ccc(=O)[nH]c3=O)C3(CP(c4ccccc4)(c4ccccc4)(c4ccccc4)O3)[C@@H]2O[Si](C(C)C)(C(C)C)O1. The van der Waals surface area contributed by atoms with E-state index in [1.165, 1.54) is 16.8 Å². The summed E-state index contributed by atoms with van der Waals surface area (Å²) in [6, 6.07) is 32.8. The summed E-state index contributed by atoms with van der Waals surface area (Å²) < 4.78 is 39.2. The topological polar surface area (TPSA) is 101 Å². The third-order valence-electron chi connectivity index (χ3n) is 11.8. The van der Waals surface area contributed by atoms with Gasteiger partial charge in [0, 0.05) is 0 Å². The second-order valence-electron chi connectivity index (χ2n) is 16.0. The molecule has 0 aliphatic carbocycles. The van der Waals surface area contributed by atoms with Crippen LogP contribution in [0.2, 0.25) is 22.2 Å². The molecule has 1 N–H and O–H groups in total. The molecule has 1 aromatic heterocycles. The Balaban J connectivity index is 1.51. The van der Waals surface area contributed by atoms with E-state index < -0.39 is 59.2 Å². The second-order valence-corrected chi connectivity index (χ2v) is 29.3. The van der Waals surface area contributed by atoms with Crippen molar-refractivity contribution in [2.75, 3.05) is 12.8 Å². The molecule has 0 saturated carbocycles. The van der Waals surface area contributed by atoms with Crippen molar-refractivity contribution in [3.05, 3.63) is 124 Å². The van der Waals surface area contributed by atoms with Crippen LogP contribution in [-0.4, -0.2) is 57.3 Å². The van der Waals surface area contributed by atoms with Gasteiger partial charge < -0.3 is 0 Å². The van der Waals surface area contributed by atoms with Crippen molar-refractivity contribution >= 4 is 39.9 Å². The maximum atomic E-state index is 13.8. The molecule has 3 aliphatic rings. The van der Waals surface area contributed by atoms with Crippen molar-refractivity contribution in [2.45, 2.75) is 102 Å². The molecule has 12 heteroatoms. The molecule has 3 aromatic carbocycles. The van der Waals surface area contributed by atoms with Crippen molar-refractivity contribution < 1.29 is 22.2 Å². The number of nitrogens with one attached hydrogen (secondary N) is 1. The quantitative estimate of drug-likeness (QED) is 0.160. The van der Waals surface area contributed by atoms with E-state index in [2.05, 4.69) is 133 Å². The van der Waals surface area contributed by atoms with Crippen LogP contribution in [0.5, 0.6) is 0 Å². The number of rotatable bonds is 8. The summed E-state index contributed by atoms with van der Waals surface area (Å²) in [7, 11) is -6.05. The van der Waals surface area contributed by atoms with Crippen LogP contribution in [0.4, 0.5) is 0 Å². The molecule has 278 valence electrons. The zero-order valence-electron chi connectivity index (χ0n) is 31.5. The van der Waals surface area contributed by atoms with Crippen LogP contribution in [0, 0.1) is 0 Å². The van der Waals surface area contributed by atoms with E-state index in [1.807, 2.05) is 18.2 Å². The third-order valence-corrected chi connectivity index (χ3v) is 28.0. The Morgan fingerprint density at radius 1 is 0.712 bits per heavy atom. The van der Waals surface area contributed by atoms with Gasteiger partial charge >= 0.3 is 310 Å². The van der Waals surface area contributed by atoms with Gasteiger partial charge in [-0.1, -0.05) is 0 Å². The van der Waals surface area contributed by atoms with Crippen LogP contribution in [-0.2, 0) is 22.2 Å². The van der Waals surface area contributed by atoms with Gasteiger partial charge in [-0.15, -0.1) is 0 Å². The Morgan fingerprint density at radius 3 is 1.60 bits per heavy atom. The van der Waals surface area contributed by atoms with E-state index in [1.54, 1.807) is 0 Å². The third kappa shape index (κ3) is 5.30. The summed E-state index contributed by atoms with van der Waals surface area (Å²) in [6.45, 7) is 14.1. The molecule has 3 fully saturated rings. The molecule has 4 atom stereocenters. The van der Waals surface area contributed by atoms with Crippen LogP contribution >= 0.6 is 6.83 Å². The number of benzene rings is 3. The number of fused-ring (bicyclic) bond motifs is 2. The molecule has 3 saturated heterocycles. The van der Waals surface area contributed by atoms with Gasteiger partial charge in [0.1, 0.15) is 0 Å². The predicted molar refractivity (Wildman–Crippen MR) is 213 cm³/mol. The summed E-state index contributed by atoms with van der Waals surface area (Å²) in [6.07, 6.45) is -0.145. The first-order valence-corrected chi connectivity index (χ1v) is 24.9. The van der Waals surface area contributed by atoms with Crippen molar-refractivity contribution in [3.8, 4) is 0 Å². The fraction of sp³-hybridized carbons (Fsp3) is 0.450. The van der Waals surface area contributed by atoms with Gasteiger partial charge in [0.25, 0.3) is 0 Å². The Morgan fingerprint density at radius 2 is 1.17 bits per heavy atom. The second kappa shape index (κ2) is 13.4. The van der Waals surface area contributed by atoms with Crippen molar-refractivity contribution in [3.63, 3.8) is 0 Å². The average molecular weight is 761 g/mol. The van der Waals surface area contributed by atoms with E-state index in [4.69, 9.17) is 22.2 Å². The van der Waals surface area contributed by atoms with E-state index in [-0.39, 0.29) is 28.8 Å². The van der Waals surface area contributed by atoms with Gasteiger partial charge in [-0.2, -0.15) is 0 Å². The van der Waals surface area contributed by atoms with Crippen molar-refractivity contribution in [2.24, 2.45) is 0 Å². The van der Waals surface area contributed by atoms with Crippen LogP contribution < -0.4 is 27.2 Å². The summed E-state index contributed by atoms with van der Waals surface area (Å²) >= 11 is 0. The first-order chi connectivity index (χ1) is 24.7. The summed E-state index contributed by atoms with van der Waals surface area (Å²) in [4.78, 5) is 28.7. The van der Waals surface area contributed by atoms with Crippen LogP contribution in [0.15, 0.2) is 113 Å².